The summed E-state index contributed by atoms with van der Waals surface area (Å²) in [4.78, 5) is 0. The number of nitrogens with one attached hydrogen (secondary N) is 1. The van der Waals surface area contributed by atoms with Crippen LogP contribution in [0.3, 0.4) is 0 Å². The Morgan fingerprint density at radius 1 is 1.08 bits per heavy atom. The molecule has 0 amide bonds. The molecule has 1 N–H and O–H groups in total. The molecule has 0 atom stereocenters. The first-order valence-corrected chi connectivity index (χ1v) is 8.71. The molecule has 0 aliphatic carbocycles. The number of hydrogen-bond acceptors (Lipinski definition) is 6. The van der Waals surface area contributed by atoms with E-state index >= 15 is 0 Å². The summed E-state index contributed by atoms with van der Waals surface area (Å²) in [6.07, 6.45) is 0. The van der Waals surface area contributed by atoms with Gasteiger partial charge in [0.15, 0.2) is 0 Å². The zero-order valence-corrected chi connectivity index (χ0v) is 14.7. The van der Waals surface area contributed by atoms with Crippen LogP contribution in [-0.2, 0) is 4.74 Å². The molecule has 1 heterocycles. The van der Waals surface area contributed by atoms with Gasteiger partial charge in [0.05, 0.1) is 5.69 Å². The van der Waals surface area contributed by atoms with Gasteiger partial charge in [-0.25, -0.2) is 0 Å². The van der Waals surface area contributed by atoms with Gasteiger partial charge in [0.1, 0.15) is 12.7 Å². The quantitative estimate of drug-likeness (QED) is 0.377. The molecule has 0 saturated carbocycles. The number of tetrazole rings is 1. The third-order valence-corrected chi connectivity index (χ3v) is 4.19. The van der Waals surface area contributed by atoms with Gasteiger partial charge in [-0.3, -0.25) is 0 Å². The highest BCUT2D eigenvalue weighted by Gasteiger charge is 2.08. The maximum Gasteiger partial charge on any atom is 0.216 e. The molecule has 0 aliphatic heterocycles. The molecule has 0 unspecified atom stereocenters. The van der Waals surface area contributed by atoms with E-state index in [1.165, 1.54) is 11.8 Å². The van der Waals surface area contributed by atoms with E-state index in [0.29, 0.717) is 27.9 Å². The van der Waals surface area contributed by atoms with E-state index in [9.17, 15) is 0 Å². The van der Waals surface area contributed by atoms with E-state index in [1.807, 2.05) is 30.3 Å². The predicted octanol–water partition coefficient (Wildman–Crippen LogP) is 4.10. The maximum atomic E-state index is 5.94. The average Bonchev–Trinajstić information content (AvgIpc) is 3.03. The second kappa shape index (κ2) is 8.34. The number of benzene rings is 2. The highest BCUT2D eigenvalue weighted by molar-refractivity contribution is 7.99. The van der Waals surface area contributed by atoms with E-state index in [-0.39, 0.29) is 0 Å². The van der Waals surface area contributed by atoms with Gasteiger partial charge in [0.25, 0.3) is 0 Å². The molecule has 9 heteroatoms. The minimum atomic E-state index is 0.316. The number of aromatic nitrogens is 4. The van der Waals surface area contributed by atoms with Gasteiger partial charge in [-0.15, -0.1) is 5.10 Å². The topological polar surface area (TPSA) is 64.9 Å². The molecular formula is C15H13Cl2N5OS. The van der Waals surface area contributed by atoms with E-state index in [4.69, 9.17) is 27.9 Å². The van der Waals surface area contributed by atoms with Crippen LogP contribution < -0.4 is 5.32 Å². The normalized spacial score (nSPS) is 10.8. The van der Waals surface area contributed by atoms with Crippen LogP contribution in [0.1, 0.15) is 0 Å². The van der Waals surface area contributed by atoms with Crippen LogP contribution >= 0.6 is 35.0 Å². The summed E-state index contributed by atoms with van der Waals surface area (Å²) >= 11 is 13.3. The van der Waals surface area contributed by atoms with Gasteiger partial charge in [-0.2, -0.15) is 4.68 Å². The second-order valence-corrected chi connectivity index (χ2v) is 6.42. The minimum absolute atomic E-state index is 0.316. The Balaban J connectivity index is 1.48. The van der Waals surface area contributed by atoms with Crippen molar-refractivity contribution in [2.24, 2.45) is 0 Å². The van der Waals surface area contributed by atoms with E-state index in [1.54, 1.807) is 22.9 Å². The number of para-hydroxylation sites is 1. The SMILES string of the molecule is Clc1cc(Cl)cc(NCOCSc2nnnn2-c2ccccc2)c1. The smallest absolute Gasteiger partial charge is 0.216 e. The number of nitrogens with zero attached hydrogens (tertiary/aromatic N) is 4. The summed E-state index contributed by atoms with van der Waals surface area (Å²) in [5.74, 6) is 0.397. The molecule has 0 bridgehead atoms. The minimum Gasteiger partial charge on any atom is -0.363 e. The fourth-order valence-electron chi connectivity index (χ4n) is 1.93. The fraction of sp³-hybridized carbons (Fsp3) is 0.133. The Hall–Kier alpha value is -1.80. The zero-order valence-electron chi connectivity index (χ0n) is 12.4. The fourth-order valence-corrected chi connectivity index (χ4v) is 3.08. The van der Waals surface area contributed by atoms with Gasteiger partial charge in [0.2, 0.25) is 5.16 Å². The molecule has 0 fully saturated rings. The summed E-state index contributed by atoms with van der Waals surface area (Å²) in [5, 5.41) is 16.6. The van der Waals surface area contributed by atoms with Crippen LogP contribution in [0, 0.1) is 0 Å². The Labute approximate surface area is 153 Å². The summed E-state index contributed by atoms with van der Waals surface area (Å²) in [6.45, 7) is 0.316. The predicted molar refractivity (Wildman–Crippen MR) is 95.9 cm³/mol. The van der Waals surface area contributed by atoms with Crippen molar-refractivity contribution in [3.63, 3.8) is 0 Å². The molecule has 2 aromatic carbocycles. The standard InChI is InChI=1S/C15H13Cl2N5OS/c16-11-6-12(17)8-13(7-11)18-9-23-10-24-15-19-20-21-22(15)14-4-2-1-3-5-14/h1-8,18H,9-10H2. The Bertz CT molecular complexity index is 779. The number of anilines is 1. The molecule has 0 spiro atoms. The van der Waals surface area contributed by atoms with E-state index < -0.39 is 0 Å². The largest absolute Gasteiger partial charge is 0.363 e. The van der Waals surface area contributed by atoms with E-state index in [0.717, 1.165) is 11.4 Å². The number of thioether (sulfide) groups is 1. The zero-order chi connectivity index (χ0) is 16.8. The van der Waals surface area contributed by atoms with Crippen LogP contribution in [-0.4, -0.2) is 32.9 Å². The van der Waals surface area contributed by atoms with Gasteiger partial charge in [-0.1, -0.05) is 53.2 Å². The lowest BCUT2D eigenvalue weighted by atomic mass is 10.3. The lowest BCUT2D eigenvalue weighted by Gasteiger charge is -2.08. The van der Waals surface area contributed by atoms with Crippen molar-refractivity contribution in [2.45, 2.75) is 5.16 Å². The summed E-state index contributed by atoms with van der Waals surface area (Å²) in [6, 6.07) is 14.9. The molecule has 24 heavy (non-hydrogen) atoms. The molecule has 0 saturated heterocycles. The van der Waals surface area contributed by atoms with Gasteiger partial charge >= 0.3 is 0 Å². The lowest BCUT2D eigenvalue weighted by molar-refractivity contribution is 0.204. The van der Waals surface area contributed by atoms with Crippen LogP contribution in [0.15, 0.2) is 53.7 Å². The second-order valence-electron chi connectivity index (χ2n) is 4.65. The number of hydrogen-bond donors (Lipinski definition) is 1. The monoisotopic (exact) mass is 381 g/mol. The first-order valence-electron chi connectivity index (χ1n) is 6.97. The molecule has 124 valence electrons. The number of ether oxygens (including phenoxy) is 1. The number of rotatable bonds is 7. The molecular weight excluding hydrogens is 369 g/mol. The van der Waals surface area contributed by atoms with Crippen LogP contribution in [0.2, 0.25) is 10.0 Å². The molecule has 0 aliphatic rings. The average molecular weight is 382 g/mol. The van der Waals surface area contributed by atoms with Crippen LogP contribution in [0.4, 0.5) is 5.69 Å². The summed E-state index contributed by atoms with van der Waals surface area (Å²) in [7, 11) is 0. The molecule has 1 aromatic heterocycles. The molecule has 3 aromatic rings. The molecule has 0 radical (unpaired) electrons. The molecule has 3 rings (SSSR count). The number of halogens is 2. The van der Waals surface area contributed by atoms with Crippen molar-refractivity contribution in [2.75, 3.05) is 18.0 Å². The first kappa shape index (κ1) is 17.0. The molecule has 6 nitrogen and oxygen atoms in total. The van der Waals surface area contributed by atoms with Crippen molar-refractivity contribution in [1.82, 2.24) is 20.2 Å². The highest BCUT2D eigenvalue weighted by atomic mass is 35.5. The third-order valence-electron chi connectivity index (χ3n) is 2.95. The highest BCUT2D eigenvalue weighted by Crippen LogP contribution is 2.22. The lowest BCUT2D eigenvalue weighted by Crippen LogP contribution is -2.06. The third kappa shape index (κ3) is 4.61. The van der Waals surface area contributed by atoms with Crippen LogP contribution in [0.5, 0.6) is 0 Å². The Kier molecular flexibility index (Phi) is 5.92. The maximum absolute atomic E-state index is 5.94. The van der Waals surface area contributed by atoms with Crippen molar-refractivity contribution in [3.05, 3.63) is 58.6 Å². The van der Waals surface area contributed by atoms with Gasteiger partial charge < -0.3 is 10.1 Å². The van der Waals surface area contributed by atoms with Crippen molar-refractivity contribution in [1.29, 1.82) is 0 Å². The van der Waals surface area contributed by atoms with E-state index in [2.05, 4.69) is 20.8 Å². The van der Waals surface area contributed by atoms with Crippen molar-refractivity contribution < 1.29 is 4.74 Å². The summed E-state index contributed by atoms with van der Waals surface area (Å²) in [5.41, 5.74) is 1.70. The summed E-state index contributed by atoms with van der Waals surface area (Å²) < 4.78 is 7.20. The Morgan fingerprint density at radius 3 is 2.58 bits per heavy atom. The Morgan fingerprint density at radius 2 is 1.83 bits per heavy atom. The van der Waals surface area contributed by atoms with Crippen molar-refractivity contribution >= 4 is 40.7 Å². The van der Waals surface area contributed by atoms with Gasteiger partial charge in [-0.05, 0) is 40.8 Å². The van der Waals surface area contributed by atoms with Crippen LogP contribution in [0.25, 0.3) is 5.69 Å². The van der Waals surface area contributed by atoms with Crippen molar-refractivity contribution in [3.8, 4) is 5.69 Å². The van der Waals surface area contributed by atoms with Gasteiger partial charge in [0, 0.05) is 15.7 Å². The first-order chi connectivity index (χ1) is 11.7.